The second-order valence-corrected chi connectivity index (χ2v) is 11.4. The standard InChI is InChI=1S/C27H42O2S/c1-4-5-18-30(29)19-7-6-10-24-14-16-26-22(9-8-17-27(24,26)3)12-13-23-20-25(28)15-11-21(23)2/h7,12-13,19,24-26,28H,2,4-6,8-11,14-18,20H2,1,3H3/b19-7+,22-12+,23-13-/t24?,25-,26?,27?,30?/m0/s1. The highest BCUT2D eigenvalue weighted by atomic mass is 32.2. The van der Waals surface area contributed by atoms with Crippen molar-refractivity contribution in [3.8, 4) is 0 Å². The Hall–Kier alpha value is -0.930. The highest BCUT2D eigenvalue weighted by Crippen LogP contribution is 2.58. The molecule has 4 unspecified atom stereocenters. The summed E-state index contributed by atoms with van der Waals surface area (Å²) in [5.41, 5.74) is 4.51. The molecule has 0 heterocycles. The number of fused-ring (bicyclic) bond motifs is 1. The Morgan fingerprint density at radius 1 is 1.23 bits per heavy atom. The van der Waals surface area contributed by atoms with E-state index < -0.39 is 10.8 Å². The third-order valence-electron chi connectivity index (χ3n) is 7.98. The third-order valence-corrected chi connectivity index (χ3v) is 9.16. The highest BCUT2D eigenvalue weighted by Gasteiger charge is 2.48. The van der Waals surface area contributed by atoms with Gasteiger partial charge < -0.3 is 5.11 Å². The van der Waals surface area contributed by atoms with Gasteiger partial charge in [-0.2, -0.15) is 0 Å². The molecule has 0 radical (unpaired) electrons. The lowest BCUT2D eigenvalue weighted by Gasteiger charge is -2.42. The Morgan fingerprint density at radius 3 is 2.87 bits per heavy atom. The van der Waals surface area contributed by atoms with Gasteiger partial charge in [0, 0.05) is 16.6 Å². The third kappa shape index (κ3) is 5.85. The molecule has 0 aromatic carbocycles. The van der Waals surface area contributed by atoms with Crippen LogP contribution in [-0.2, 0) is 10.8 Å². The van der Waals surface area contributed by atoms with Gasteiger partial charge in [-0.25, -0.2) is 0 Å². The van der Waals surface area contributed by atoms with Crippen LogP contribution < -0.4 is 0 Å². The Morgan fingerprint density at radius 2 is 2.07 bits per heavy atom. The molecular weight excluding hydrogens is 388 g/mol. The summed E-state index contributed by atoms with van der Waals surface area (Å²) < 4.78 is 12.0. The van der Waals surface area contributed by atoms with Crippen molar-refractivity contribution < 1.29 is 9.32 Å². The largest absolute Gasteiger partial charge is 0.393 e. The number of unbranched alkanes of at least 4 members (excludes halogenated alkanes) is 1. The molecule has 0 saturated heterocycles. The molecule has 30 heavy (non-hydrogen) atoms. The predicted octanol–water partition coefficient (Wildman–Crippen LogP) is 7.00. The van der Waals surface area contributed by atoms with Gasteiger partial charge in [0.1, 0.15) is 0 Å². The van der Waals surface area contributed by atoms with Crippen molar-refractivity contribution in [3.05, 3.63) is 46.9 Å². The minimum absolute atomic E-state index is 0.197. The van der Waals surface area contributed by atoms with Gasteiger partial charge in [-0.15, -0.1) is 0 Å². The number of rotatable bonds is 8. The van der Waals surface area contributed by atoms with Crippen LogP contribution in [0.5, 0.6) is 0 Å². The molecule has 0 aromatic heterocycles. The maximum absolute atomic E-state index is 12.0. The van der Waals surface area contributed by atoms with E-state index in [1.807, 2.05) is 5.41 Å². The van der Waals surface area contributed by atoms with E-state index >= 15 is 0 Å². The monoisotopic (exact) mass is 430 g/mol. The molecule has 1 N–H and O–H groups in total. The van der Waals surface area contributed by atoms with Crippen LogP contribution in [0.3, 0.4) is 0 Å². The molecule has 3 heteroatoms. The number of hydrogen-bond donors (Lipinski definition) is 1. The summed E-state index contributed by atoms with van der Waals surface area (Å²) in [7, 11) is -0.779. The fourth-order valence-electron chi connectivity index (χ4n) is 6.04. The molecule has 0 amide bonds. The first-order chi connectivity index (χ1) is 14.4. The van der Waals surface area contributed by atoms with Gasteiger partial charge in [0.15, 0.2) is 0 Å². The maximum Gasteiger partial charge on any atom is 0.0583 e. The van der Waals surface area contributed by atoms with Gasteiger partial charge in [0.05, 0.1) is 6.10 Å². The van der Waals surface area contributed by atoms with Crippen LogP contribution in [0.4, 0.5) is 0 Å². The molecule has 3 rings (SSSR count). The first kappa shape index (κ1) is 23.7. The summed E-state index contributed by atoms with van der Waals surface area (Å²) in [6.45, 7) is 8.90. The van der Waals surface area contributed by atoms with Crippen LogP contribution in [0, 0.1) is 17.3 Å². The van der Waals surface area contributed by atoms with Gasteiger partial charge in [0.2, 0.25) is 0 Å². The second kappa shape index (κ2) is 11.1. The van der Waals surface area contributed by atoms with Crippen LogP contribution >= 0.6 is 0 Å². The van der Waals surface area contributed by atoms with Gasteiger partial charge >= 0.3 is 0 Å². The van der Waals surface area contributed by atoms with Crippen molar-refractivity contribution >= 4 is 10.8 Å². The van der Waals surface area contributed by atoms with Crippen LogP contribution in [0.25, 0.3) is 0 Å². The zero-order valence-corrected chi connectivity index (χ0v) is 20.0. The number of allylic oxidation sites excluding steroid dienone is 5. The van der Waals surface area contributed by atoms with E-state index in [1.54, 1.807) is 5.57 Å². The Balaban J connectivity index is 1.60. The first-order valence-corrected chi connectivity index (χ1v) is 13.6. The van der Waals surface area contributed by atoms with Crippen molar-refractivity contribution in [2.24, 2.45) is 17.3 Å². The van der Waals surface area contributed by atoms with E-state index in [2.05, 4.69) is 38.7 Å². The van der Waals surface area contributed by atoms with Crippen molar-refractivity contribution in [1.82, 2.24) is 0 Å². The van der Waals surface area contributed by atoms with Crippen LogP contribution in [-0.4, -0.2) is 21.2 Å². The molecule has 3 aliphatic rings. The fourth-order valence-corrected chi connectivity index (χ4v) is 7.10. The lowest BCUT2D eigenvalue weighted by Crippen LogP contribution is -2.33. The zero-order chi connectivity index (χ0) is 21.6. The fraction of sp³-hybridized carbons (Fsp3) is 0.704. The van der Waals surface area contributed by atoms with Crippen LogP contribution in [0.1, 0.15) is 90.9 Å². The zero-order valence-electron chi connectivity index (χ0n) is 19.2. The highest BCUT2D eigenvalue weighted by molar-refractivity contribution is 7.87. The van der Waals surface area contributed by atoms with Gasteiger partial charge in [-0.05, 0) is 98.9 Å². The Bertz CT molecular complexity index is 716. The molecule has 2 nitrogen and oxygen atoms in total. The average molecular weight is 431 g/mol. The molecule has 3 fully saturated rings. The van der Waals surface area contributed by atoms with Crippen LogP contribution in [0.15, 0.2) is 46.9 Å². The smallest absolute Gasteiger partial charge is 0.0583 e. The lowest BCUT2D eigenvalue weighted by molar-refractivity contribution is 0.130. The van der Waals surface area contributed by atoms with E-state index in [0.717, 1.165) is 50.2 Å². The van der Waals surface area contributed by atoms with E-state index in [9.17, 15) is 9.32 Å². The predicted molar refractivity (Wildman–Crippen MR) is 130 cm³/mol. The van der Waals surface area contributed by atoms with Crippen molar-refractivity contribution in [2.45, 2.75) is 97.0 Å². The minimum atomic E-state index is -0.779. The summed E-state index contributed by atoms with van der Waals surface area (Å²) in [4.78, 5) is 0. The quantitative estimate of drug-likeness (QED) is 0.450. The molecule has 3 saturated carbocycles. The summed E-state index contributed by atoms with van der Waals surface area (Å²) >= 11 is 0. The number of aliphatic hydroxyl groups is 1. The topological polar surface area (TPSA) is 37.3 Å². The van der Waals surface area contributed by atoms with Gasteiger partial charge in [-0.1, -0.05) is 56.2 Å². The molecule has 0 bridgehead atoms. The van der Waals surface area contributed by atoms with E-state index in [-0.39, 0.29) is 6.10 Å². The van der Waals surface area contributed by atoms with Crippen molar-refractivity contribution in [3.63, 3.8) is 0 Å². The molecule has 5 atom stereocenters. The SMILES string of the molecule is C=C1CC[C@H](O)C/C1=C/C=C1\CCCC2(C)C(CC/C=C/S(=O)CCCC)CCC12. The Labute approximate surface area is 187 Å². The van der Waals surface area contributed by atoms with E-state index in [0.29, 0.717) is 11.3 Å². The summed E-state index contributed by atoms with van der Waals surface area (Å²) in [5.74, 6) is 2.29. The Kier molecular flexibility index (Phi) is 8.77. The minimum Gasteiger partial charge on any atom is -0.393 e. The van der Waals surface area contributed by atoms with Crippen LogP contribution in [0.2, 0.25) is 0 Å². The summed E-state index contributed by atoms with van der Waals surface area (Å²) in [6, 6.07) is 0. The van der Waals surface area contributed by atoms with Gasteiger partial charge in [-0.3, -0.25) is 4.21 Å². The maximum atomic E-state index is 12.0. The molecular formula is C27H42O2S. The summed E-state index contributed by atoms with van der Waals surface area (Å²) in [5, 5.41) is 12.0. The molecule has 0 aromatic rings. The van der Waals surface area contributed by atoms with Crippen molar-refractivity contribution in [1.29, 1.82) is 0 Å². The van der Waals surface area contributed by atoms with Gasteiger partial charge in [0.25, 0.3) is 0 Å². The normalized spacial score (nSPS) is 36.0. The first-order valence-electron chi connectivity index (χ1n) is 12.2. The molecule has 168 valence electrons. The molecule has 0 spiro atoms. The molecule has 3 aliphatic carbocycles. The molecule has 0 aliphatic heterocycles. The average Bonchev–Trinajstić information content (AvgIpc) is 3.07. The lowest BCUT2D eigenvalue weighted by atomic mass is 9.62. The van der Waals surface area contributed by atoms with E-state index in [4.69, 9.17) is 0 Å². The number of hydrogen-bond acceptors (Lipinski definition) is 2. The van der Waals surface area contributed by atoms with E-state index in [1.165, 1.54) is 49.7 Å². The van der Waals surface area contributed by atoms with Crippen molar-refractivity contribution in [2.75, 3.05) is 5.75 Å². The number of aliphatic hydroxyl groups excluding tert-OH is 1. The second-order valence-electron chi connectivity index (χ2n) is 10.0. The summed E-state index contributed by atoms with van der Waals surface area (Å²) in [6.07, 6.45) is 20.1.